The molecule has 9 heteroatoms. The van der Waals surface area contributed by atoms with Crippen molar-refractivity contribution in [2.24, 2.45) is 11.8 Å². The smallest absolute Gasteiger partial charge is 0.252 e. The molecule has 2 aliphatic rings. The second-order valence-corrected chi connectivity index (χ2v) is 10.6. The maximum absolute atomic E-state index is 12.9. The molecule has 1 aromatic rings. The molecule has 3 heterocycles. The van der Waals surface area contributed by atoms with Gasteiger partial charge in [0.1, 0.15) is 4.21 Å². The first kappa shape index (κ1) is 20.3. The summed E-state index contributed by atoms with van der Waals surface area (Å²) in [7, 11) is -3.46. The van der Waals surface area contributed by atoms with Crippen molar-refractivity contribution in [1.29, 1.82) is 0 Å². The fraction of sp³-hybridized carbons (Fsp3) is 0.667. The predicted octanol–water partition coefficient (Wildman–Crippen LogP) is 1.48. The zero-order valence-electron chi connectivity index (χ0n) is 15.8. The van der Waals surface area contributed by atoms with Crippen LogP contribution in [0.4, 0.5) is 0 Å². The molecule has 0 saturated carbocycles. The molecule has 1 atom stereocenters. The van der Waals surface area contributed by atoms with Crippen LogP contribution in [0, 0.1) is 11.8 Å². The number of carbonyl (C=O) groups excluding carboxylic acids is 2. The van der Waals surface area contributed by atoms with Crippen LogP contribution in [0.3, 0.4) is 0 Å². The molecule has 0 aromatic carbocycles. The minimum Gasteiger partial charge on any atom is -0.342 e. The van der Waals surface area contributed by atoms with Crippen LogP contribution in [0.2, 0.25) is 0 Å². The molecule has 2 fully saturated rings. The van der Waals surface area contributed by atoms with Crippen molar-refractivity contribution in [3.63, 3.8) is 0 Å². The SMILES string of the molecule is CC(C)C(=O)N1CCCC(C(=O)N2CCN(S(=O)(=O)c3cccs3)CC2)C1. The summed E-state index contributed by atoms with van der Waals surface area (Å²) in [4.78, 5) is 28.7. The van der Waals surface area contributed by atoms with Gasteiger partial charge in [-0.05, 0) is 24.3 Å². The number of rotatable bonds is 4. The molecule has 3 rings (SSSR count). The van der Waals surface area contributed by atoms with E-state index in [0.29, 0.717) is 43.5 Å². The Morgan fingerprint density at radius 3 is 2.41 bits per heavy atom. The number of nitrogens with zero attached hydrogens (tertiary/aromatic N) is 3. The minimum absolute atomic E-state index is 0.0458. The zero-order chi connectivity index (χ0) is 19.6. The Kier molecular flexibility index (Phi) is 6.22. The van der Waals surface area contributed by atoms with Gasteiger partial charge < -0.3 is 9.80 Å². The standard InChI is InChI=1S/C18H27N3O4S2/c1-14(2)17(22)20-7-3-5-15(13-20)18(23)19-8-10-21(11-9-19)27(24,25)16-6-4-12-26-16/h4,6,12,14-15H,3,5,7-11,13H2,1-2H3. The summed E-state index contributed by atoms with van der Waals surface area (Å²) in [5, 5.41) is 1.75. The van der Waals surface area contributed by atoms with Crippen LogP contribution in [-0.4, -0.2) is 73.6 Å². The molecule has 27 heavy (non-hydrogen) atoms. The van der Waals surface area contributed by atoms with Crippen molar-refractivity contribution in [2.45, 2.75) is 30.9 Å². The molecule has 1 unspecified atom stereocenters. The van der Waals surface area contributed by atoms with E-state index in [9.17, 15) is 18.0 Å². The summed E-state index contributed by atoms with van der Waals surface area (Å²) >= 11 is 1.21. The lowest BCUT2D eigenvalue weighted by Crippen LogP contribution is -2.54. The molecule has 7 nitrogen and oxygen atoms in total. The Balaban J connectivity index is 1.58. The fourth-order valence-electron chi connectivity index (χ4n) is 3.69. The van der Waals surface area contributed by atoms with E-state index in [1.54, 1.807) is 27.3 Å². The summed E-state index contributed by atoms with van der Waals surface area (Å²) in [5.41, 5.74) is 0. The van der Waals surface area contributed by atoms with Gasteiger partial charge in [-0.2, -0.15) is 4.31 Å². The summed E-state index contributed by atoms with van der Waals surface area (Å²) in [5.74, 6) is -0.101. The number of thiophene rings is 1. The molecule has 1 aromatic heterocycles. The lowest BCUT2D eigenvalue weighted by atomic mass is 9.95. The Bertz CT molecular complexity index is 769. The molecular formula is C18H27N3O4S2. The molecular weight excluding hydrogens is 386 g/mol. The molecule has 2 aliphatic heterocycles. The number of likely N-dealkylation sites (tertiary alicyclic amines) is 1. The highest BCUT2D eigenvalue weighted by atomic mass is 32.2. The summed E-state index contributed by atoms with van der Waals surface area (Å²) in [6, 6.07) is 3.34. The number of piperazine rings is 1. The highest BCUT2D eigenvalue weighted by molar-refractivity contribution is 7.91. The second kappa shape index (κ2) is 8.28. The van der Waals surface area contributed by atoms with Gasteiger partial charge in [0.25, 0.3) is 10.0 Å². The first-order chi connectivity index (χ1) is 12.8. The predicted molar refractivity (Wildman–Crippen MR) is 104 cm³/mol. The van der Waals surface area contributed by atoms with Crippen molar-refractivity contribution < 1.29 is 18.0 Å². The van der Waals surface area contributed by atoms with Gasteiger partial charge in [-0.3, -0.25) is 9.59 Å². The Hall–Kier alpha value is -1.45. The molecule has 0 spiro atoms. The van der Waals surface area contributed by atoms with E-state index in [2.05, 4.69) is 0 Å². The van der Waals surface area contributed by atoms with Crippen molar-refractivity contribution in [3.8, 4) is 0 Å². The molecule has 0 bridgehead atoms. The van der Waals surface area contributed by atoms with E-state index in [4.69, 9.17) is 0 Å². The van der Waals surface area contributed by atoms with Crippen molar-refractivity contribution in [2.75, 3.05) is 39.3 Å². The first-order valence-electron chi connectivity index (χ1n) is 9.42. The average molecular weight is 414 g/mol. The Labute approximate surface area is 165 Å². The number of carbonyl (C=O) groups is 2. The summed E-state index contributed by atoms with van der Waals surface area (Å²) in [6.45, 7) is 6.37. The van der Waals surface area contributed by atoms with Gasteiger partial charge in [0.2, 0.25) is 11.8 Å². The third-order valence-electron chi connectivity index (χ3n) is 5.22. The molecule has 0 radical (unpaired) electrons. The molecule has 2 saturated heterocycles. The van der Waals surface area contributed by atoms with E-state index < -0.39 is 10.0 Å². The van der Waals surface area contributed by atoms with E-state index in [-0.39, 0.29) is 23.7 Å². The van der Waals surface area contributed by atoms with Crippen LogP contribution < -0.4 is 0 Å². The maximum Gasteiger partial charge on any atom is 0.252 e. The quantitative estimate of drug-likeness (QED) is 0.749. The summed E-state index contributed by atoms with van der Waals surface area (Å²) in [6.07, 6.45) is 1.62. The van der Waals surface area contributed by atoms with Crippen LogP contribution in [0.25, 0.3) is 0 Å². The topological polar surface area (TPSA) is 78.0 Å². The summed E-state index contributed by atoms with van der Waals surface area (Å²) < 4.78 is 27.0. The largest absolute Gasteiger partial charge is 0.342 e. The van der Waals surface area contributed by atoms with E-state index >= 15 is 0 Å². The zero-order valence-corrected chi connectivity index (χ0v) is 17.5. The van der Waals surface area contributed by atoms with Gasteiger partial charge in [-0.1, -0.05) is 19.9 Å². The second-order valence-electron chi connectivity index (χ2n) is 7.44. The van der Waals surface area contributed by atoms with Crippen LogP contribution >= 0.6 is 11.3 Å². The number of hydrogen-bond acceptors (Lipinski definition) is 5. The van der Waals surface area contributed by atoms with Crippen LogP contribution in [0.1, 0.15) is 26.7 Å². The van der Waals surface area contributed by atoms with Gasteiger partial charge in [0, 0.05) is 45.2 Å². The van der Waals surface area contributed by atoms with Gasteiger partial charge in [-0.15, -0.1) is 11.3 Å². The Morgan fingerprint density at radius 2 is 1.81 bits per heavy atom. The van der Waals surface area contributed by atoms with Crippen LogP contribution in [0.5, 0.6) is 0 Å². The number of amides is 2. The third-order valence-corrected chi connectivity index (χ3v) is 8.49. The van der Waals surface area contributed by atoms with E-state index in [1.807, 2.05) is 13.8 Å². The van der Waals surface area contributed by atoms with Crippen LogP contribution in [-0.2, 0) is 19.6 Å². The fourth-order valence-corrected chi connectivity index (χ4v) is 6.26. The van der Waals surface area contributed by atoms with Crippen molar-refractivity contribution >= 4 is 33.2 Å². The van der Waals surface area contributed by atoms with Crippen molar-refractivity contribution in [1.82, 2.24) is 14.1 Å². The molecule has 2 amide bonds. The van der Waals surface area contributed by atoms with Gasteiger partial charge in [0.15, 0.2) is 0 Å². The lowest BCUT2D eigenvalue weighted by molar-refractivity contribution is -0.143. The lowest BCUT2D eigenvalue weighted by Gasteiger charge is -2.38. The van der Waals surface area contributed by atoms with Crippen molar-refractivity contribution in [3.05, 3.63) is 17.5 Å². The van der Waals surface area contributed by atoms with Gasteiger partial charge in [-0.25, -0.2) is 8.42 Å². The minimum atomic E-state index is -3.46. The van der Waals surface area contributed by atoms with Gasteiger partial charge in [0.05, 0.1) is 5.92 Å². The monoisotopic (exact) mass is 413 g/mol. The highest BCUT2D eigenvalue weighted by Crippen LogP contribution is 2.24. The van der Waals surface area contributed by atoms with E-state index in [0.717, 1.165) is 12.8 Å². The first-order valence-corrected chi connectivity index (χ1v) is 11.7. The third kappa shape index (κ3) is 4.35. The van der Waals surface area contributed by atoms with Crippen LogP contribution in [0.15, 0.2) is 21.7 Å². The molecule has 150 valence electrons. The van der Waals surface area contributed by atoms with E-state index in [1.165, 1.54) is 15.6 Å². The Morgan fingerprint density at radius 1 is 1.11 bits per heavy atom. The number of sulfonamides is 1. The normalized spacial score (nSPS) is 22.3. The maximum atomic E-state index is 12.9. The van der Waals surface area contributed by atoms with Gasteiger partial charge >= 0.3 is 0 Å². The average Bonchev–Trinajstić information content (AvgIpc) is 3.22. The highest BCUT2D eigenvalue weighted by Gasteiger charge is 2.35. The number of piperidine rings is 1. The molecule has 0 aliphatic carbocycles. The molecule has 0 N–H and O–H groups in total. The number of hydrogen-bond donors (Lipinski definition) is 0.